The quantitative estimate of drug-likeness (QED) is 0.413. The Morgan fingerprint density at radius 3 is 2.65 bits per heavy atom. The molecule has 5 rings (SSSR count). The first-order valence-corrected chi connectivity index (χ1v) is 12.0. The number of nitrogens with one attached hydrogen (secondary N) is 1. The molecule has 1 aliphatic heterocycles. The molecule has 172 valence electrons. The number of likely N-dealkylation sites (tertiary alicyclic amines) is 1. The van der Waals surface area contributed by atoms with E-state index in [1.54, 1.807) is 6.20 Å². The molecule has 1 fully saturated rings. The van der Waals surface area contributed by atoms with Crippen molar-refractivity contribution in [2.24, 2.45) is 5.92 Å². The maximum absolute atomic E-state index is 13.2. The van der Waals surface area contributed by atoms with E-state index in [4.69, 9.17) is 0 Å². The van der Waals surface area contributed by atoms with Crippen LogP contribution in [0.1, 0.15) is 40.0 Å². The van der Waals surface area contributed by atoms with E-state index >= 15 is 0 Å². The lowest BCUT2D eigenvalue weighted by molar-refractivity contribution is 0.0690. The van der Waals surface area contributed by atoms with Crippen LogP contribution >= 0.6 is 0 Å². The minimum absolute atomic E-state index is 0.121. The summed E-state index contributed by atoms with van der Waals surface area (Å²) in [6, 6.07) is 22.5. The van der Waals surface area contributed by atoms with Gasteiger partial charge in [0.1, 0.15) is 0 Å². The van der Waals surface area contributed by atoms with Crippen molar-refractivity contribution in [3.63, 3.8) is 0 Å². The fraction of sp³-hybridized carbons (Fsp3) is 0.276. The summed E-state index contributed by atoms with van der Waals surface area (Å²) in [4.78, 5) is 24.0. The molecule has 5 heteroatoms. The topological polar surface area (TPSA) is 58.1 Å². The largest absolute Gasteiger partial charge is 0.379 e. The van der Waals surface area contributed by atoms with Crippen LogP contribution < -0.4 is 5.32 Å². The molecular formula is C29H30N4O. The summed E-state index contributed by atoms with van der Waals surface area (Å²) in [6.45, 7) is 4.31. The maximum Gasteiger partial charge on any atom is 0.253 e. The zero-order valence-corrected chi connectivity index (χ0v) is 19.6. The van der Waals surface area contributed by atoms with E-state index in [2.05, 4.69) is 46.5 Å². The molecular weight excluding hydrogens is 420 g/mol. The van der Waals surface area contributed by atoms with Gasteiger partial charge in [-0.05, 0) is 85.7 Å². The number of hydrogen-bond donors (Lipinski definition) is 1. The van der Waals surface area contributed by atoms with E-state index in [1.165, 1.54) is 10.9 Å². The second-order valence-corrected chi connectivity index (χ2v) is 9.17. The van der Waals surface area contributed by atoms with E-state index in [-0.39, 0.29) is 5.91 Å². The van der Waals surface area contributed by atoms with Crippen LogP contribution in [0.25, 0.3) is 10.9 Å². The summed E-state index contributed by atoms with van der Waals surface area (Å²) in [7, 11) is 0. The number of hydrogen-bond acceptors (Lipinski definition) is 4. The number of fused-ring (bicyclic) bond motifs is 1. The average molecular weight is 451 g/mol. The average Bonchev–Trinajstić information content (AvgIpc) is 2.89. The molecule has 0 radical (unpaired) electrons. The molecule has 2 aromatic heterocycles. The molecule has 1 N–H and O–H groups in total. The Labute approximate surface area is 200 Å². The zero-order chi connectivity index (χ0) is 23.3. The van der Waals surface area contributed by atoms with Gasteiger partial charge in [0.2, 0.25) is 0 Å². The van der Waals surface area contributed by atoms with E-state index in [0.29, 0.717) is 12.5 Å². The third-order valence-electron chi connectivity index (χ3n) is 6.76. The Balaban J connectivity index is 1.19. The fourth-order valence-corrected chi connectivity index (χ4v) is 4.74. The van der Waals surface area contributed by atoms with Crippen LogP contribution in [0.15, 0.2) is 79.1 Å². The third-order valence-corrected chi connectivity index (χ3v) is 6.76. The molecule has 1 aliphatic rings. The van der Waals surface area contributed by atoms with Gasteiger partial charge >= 0.3 is 0 Å². The SMILES string of the molecule is Cc1ccc(C(=O)N2CCC(Cc3ccc4ncccc4c3)CC2)cc1NCc1ccccn1. The Kier molecular flexibility index (Phi) is 6.52. The van der Waals surface area contributed by atoms with Gasteiger partial charge in [-0.2, -0.15) is 0 Å². The molecule has 3 heterocycles. The van der Waals surface area contributed by atoms with Gasteiger partial charge in [0, 0.05) is 42.1 Å². The molecule has 0 bridgehead atoms. The molecule has 5 nitrogen and oxygen atoms in total. The second kappa shape index (κ2) is 10.0. The van der Waals surface area contributed by atoms with E-state index in [9.17, 15) is 4.79 Å². The van der Waals surface area contributed by atoms with Crippen molar-refractivity contribution in [3.05, 3.63) is 102 Å². The van der Waals surface area contributed by atoms with Crippen molar-refractivity contribution in [3.8, 4) is 0 Å². The number of anilines is 1. The van der Waals surface area contributed by atoms with Gasteiger partial charge in [-0.15, -0.1) is 0 Å². The number of carbonyl (C=O) groups excluding carboxylic acids is 1. The summed E-state index contributed by atoms with van der Waals surface area (Å²) in [5, 5.41) is 4.63. The van der Waals surface area contributed by atoms with Gasteiger partial charge < -0.3 is 10.2 Å². The van der Waals surface area contributed by atoms with E-state index in [1.807, 2.05) is 53.6 Å². The van der Waals surface area contributed by atoms with E-state index < -0.39 is 0 Å². The van der Waals surface area contributed by atoms with Crippen LogP contribution in [0.4, 0.5) is 5.69 Å². The van der Waals surface area contributed by atoms with Crippen LogP contribution in [0.2, 0.25) is 0 Å². The van der Waals surface area contributed by atoms with Crippen molar-refractivity contribution in [1.82, 2.24) is 14.9 Å². The number of piperidine rings is 1. The van der Waals surface area contributed by atoms with Crippen molar-refractivity contribution < 1.29 is 4.79 Å². The first-order chi connectivity index (χ1) is 16.7. The van der Waals surface area contributed by atoms with Crippen molar-refractivity contribution in [2.75, 3.05) is 18.4 Å². The number of benzene rings is 2. The Bertz CT molecular complexity index is 1280. The predicted molar refractivity (Wildman–Crippen MR) is 137 cm³/mol. The molecule has 0 aliphatic carbocycles. The number of aromatic nitrogens is 2. The first kappa shape index (κ1) is 22.1. The first-order valence-electron chi connectivity index (χ1n) is 12.0. The van der Waals surface area contributed by atoms with E-state index in [0.717, 1.165) is 60.4 Å². The Morgan fingerprint density at radius 1 is 0.971 bits per heavy atom. The van der Waals surface area contributed by atoms with Crippen LogP contribution in [0.5, 0.6) is 0 Å². The minimum Gasteiger partial charge on any atom is -0.379 e. The number of nitrogens with zero attached hydrogens (tertiary/aromatic N) is 3. The molecule has 0 unspecified atom stereocenters. The highest BCUT2D eigenvalue weighted by Gasteiger charge is 2.24. The molecule has 0 saturated carbocycles. The highest BCUT2D eigenvalue weighted by atomic mass is 16.2. The van der Waals surface area contributed by atoms with Gasteiger partial charge in [-0.25, -0.2) is 0 Å². The van der Waals surface area contributed by atoms with Crippen molar-refractivity contribution in [2.45, 2.75) is 32.7 Å². The standard InChI is InChI=1S/C29H30N4O/c1-21-7-9-25(19-28(21)32-20-26-6-2-3-13-30-26)29(34)33-15-11-22(12-16-33)17-23-8-10-27-24(18-23)5-4-14-31-27/h2-10,13-14,18-19,22,32H,11-12,15-17,20H2,1H3. The summed E-state index contributed by atoms with van der Waals surface area (Å²) in [6.07, 6.45) is 6.76. The van der Waals surface area contributed by atoms with Crippen molar-refractivity contribution >= 4 is 22.5 Å². The molecule has 2 aromatic carbocycles. The molecule has 0 atom stereocenters. The van der Waals surface area contributed by atoms with Gasteiger partial charge in [0.15, 0.2) is 0 Å². The molecule has 34 heavy (non-hydrogen) atoms. The molecule has 1 amide bonds. The lowest BCUT2D eigenvalue weighted by atomic mass is 9.89. The summed E-state index contributed by atoms with van der Waals surface area (Å²) < 4.78 is 0. The monoisotopic (exact) mass is 450 g/mol. The Hall–Kier alpha value is -3.73. The van der Waals surface area contributed by atoms with Crippen LogP contribution in [-0.2, 0) is 13.0 Å². The Morgan fingerprint density at radius 2 is 1.82 bits per heavy atom. The summed E-state index contributed by atoms with van der Waals surface area (Å²) >= 11 is 0. The van der Waals surface area contributed by atoms with Gasteiger partial charge in [-0.1, -0.05) is 24.3 Å². The maximum atomic E-state index is 13.2. The minimum atomic E-state index is 0.121. The summed E-state index contributed by atoms with van der Waals surface area (Å²) in [5.74, 6) is 0.725. The molecule has 1 saturated heterocycles. The highest BCUT2D eigenvalue weighted by Crippen LogP contribution is 2.25. The van der Waals surface area contributed by atoms with Crippen molar-refractivity contribution in [1.29, 1.82) is 0 Å². The predicted octanol–water partition coefficient (Wildman–Crippen LogP) is 5.65. The second-order valence-electron chi connectivity index (χ2n) is 9.17. The molecule has 4 aromatic rings. The van der Waals surface area contributed by atoms with Crippen LogP contribution in [0, 0.1) is 12.8 Å². The van der Waals surface area contributed by atoms with Gasteiger partial charge in [0.05, 0.1) is 17.8 Å². The lowest BCUT2D eigenvalue weighted by Crippen LogP contribution is -2.39. The number of aryl methyl sites for hydroxylation is 1. The van der Waals surface area contributed by atoms with Crippen LogP contribution in [0.3, 0.4) is 0 Å². The number of amides is 1. The third kappa shape index (κ3) is 5.09. The fourth-order valence-electron chi connectivity index (χ4n) is 4.74. The highest BCUT2D eigenvalue weighted by molar-refractivity contribution is 5.95. The smallest absolute Gasteiger partial charge is 0.253 e. The number of pyridine rings is 2. The van der Waals surface area contributed by atoms with Gasteiger partial charge in [-0.3, -0.25) is 14.8 Å². The number of rotatable bonds is 6. The molecule has 0 spiro atoms. The van der Waals surface area contributed by atoms with Crippen LogP contribution in [-0.4, -0.2) is 33.9 Å². The lowest BCUT2D eigenvalue weighted by Gasteiger charge is -2.32. The summed E-state index contributed by atoms with van der Waals surface area (Å²) in [5.41, 5.74) is 6.22. The van der Waals surface area contributed by atoms with Gasteiger partial charge in [0.25, 0.3) is 5.91 Å². The zero-order valence-electron chi connectivity index (χ0n) is 19.6. The number of carbonyl (C=O) groups is 1. The normalized spacial score (nSPS) is 14.3.